The van der Waals surface area contributed by atoms with E-state index in [-0.39, 0.29) is 30.5 Å². The van der Waals surface area contributed by atoms with Crippen LogP contribution in [-0.2, 0) is 9.53 Å². The zero-order valence-corrected chi connectivity index (χ0v) is 18.7. The second kappa shape index (κ2) is 13.6. The number of aliphatic imine (C=N–C) groups is 1. The lowest BCUT2D eigenvalue weighted by Gasteiger charge is -2.22. The summed E-state index contributed by atoms with van der Waals surface area (Å²) in [4.78, 5) is 15.9. The van der Waals surface area contributed by atoms with Gasteiger partial charge in [0.25, 0.3) is 0 Å². The molecule has 0 unspecified atom stereocenters. The third-order valence-corrected chi connectivity index (χ3v) is 4.47. The molecule has 2 rings (SSSR count). The fraction of sp³-hybridized carbons (Fsp3) is 0.579. The Labute approximate surface area is 186 Å². The summed E-state index contributed by atoms with van der Waals surface area (Å²) in [5.74, 6) is -4.59. The summed E-state index contributed by atoms with van der Waals surface area (Å²) in [7, 11) is 1.56. The average molecular weight is 528 g/mol. The quantitative estimate of drug-likeness (QED) is 0.159. The van der Waals surface area contributed by atoms with E-state index in [0.29, 0.717) is 25.2 Å². The Morgan fingerprint density at radius 1 is 1.14 bits per heavy atom. The van der Waals surface area contributed by atoms with Crippen molar-refractivity contribution in [2.24, 2.45) is 4.99 Å². The second-order valence-electron chi connectivity index (χ2n) is 6.61. The van der Waals surface area contributed by atoms with Gasteiger partial charge in [0.1, 0.15) is 0 Å². The fourth-order valence-electron chi connectivity index (χ4n) is 2.96. The zero-order valence-electron chi connectivity index (χ0n) is 16.4. The summed E-state index contributed by atoms with van der Waals surface area (Å²) < 4.78 is 45.5. The number of carbonyl (C=O) groups excluding carboxylic acids is 1. The van der Waals surface area contributed by atoms with Crippen LogP contribution in [0.2, 0.25) is 0 Å². The first-order valence-corrected chi connectivity index (χ1v) is 9.50. The Morgan fingerprint density at radius 2 is 1.86 bits per heavy atom. The van der Waals surface area contributed by atoms with E-state index in [0.717, 1.165) is 31.4 Å². The number of carbonyl (C=O) groups is 1. The summed E-state index contributed by atoms with van der Waals surface area (Å²) in [6.45, 7) is 1.06. The van der Waals surface area contributed by atoms with E-state index in [4.69, 9.17) is 4.74 Å². The van der Waals surface area contributed by atoms with Crippen LogP contribution in [0.25, 0.3) is 0 Å². The SMILES string of the molecule is CN=C(NCCCOC1CCCCC1)NCC(=O)Nc1ccc(F)c(F)c1F.I. The number of anilines is 1. The molecule has 1 saturated carbocycles. The van der Waals surface area contributed by atoms with Gasteiger partial charge in [-0.2, -0.15) is 0 Å². The third kappa shape index (κ3) is 8.77. The fourth-order valence-corrected chi connectivity index (χ4v) is 2.96. The first-order chi connectivity index (χ1) is 13.5. The standard InChI is InChI=1S/C19H27F3N4O2.HI/c1-23-19(24-10-5-11-28-13-6-3-2-4-7-13)25-12-16(27)26-15-9-8-14(20)17(21)18(15)22;/h8-9,13H,2-7,10-12H2,1H3,(H,26,27)(H2,23,24,25);1H. The van der Waals surface area contributed by atoms with Crippen LogP contribution in [0.4, 0.5) is 18.9 Å². The molecule has 29 heavy (non-hydrogen) atoms. The largest absolute Gasteiger partial charge is 0.378 e. The zero-order chi connectivity index (χ0) is 20.4. The van der Waals surface area contributed by atoms with Crippen LogP contribution < -0.4 is 16.0 Å². The van der Waals surface area contributed by atoms with E-state index < -0.39 is 29.0 Å². The minimum Gasteiger partial charge on any atom is -0.378 e. The second-order valence-corrected chi connectivity index (χ2v) is 6.61. The summed E-state index contributed by atoms with van der Waals surface area (Å²) in [5.41, 5.74) is -0.423. The van der Waals surface area contributed by atoms with Crippen molar-refractivity contribution in [1.82, 2.24) is 10.6 Å². The maximum atomic E-state index is 13.6. The van der Waals surface area contributed by atoms with Gasteiger partial charge in [-0.25, -0.2) is 13.2 Å². The lowest BCUT2D eigenvalue weighted by atomic mass is 9.98. The van der Waals surface area contributed by atoms with E-state index in [9.17, 15) is 18.0 Å². The molecule has 1 fully saturated rings. The Morgan fingerprint density at radius 3 is 2.55 bits per heavy atom. The van der Waals surface area contributed by atoms with E-state index >= 15 is 0 Å². The highest BCUT2D eigenvalue weighted by Crippen LogP contribution is 2.20. The molecule has 1 aromatic rings. The van der Waals surface area contributed by atoms with Gasteiger partial charge in [-0.05, 0) is 31.4 Å². The predicted molar refractivity (Wildman–Crippen MR) is 117 cm³/mol. The van der Waals surface area contributed by atoms with Crippen molar-refractivity contribution >= 4 is 41.5 Å². The average Bonchev–Trinajstić information content (AvgIpc) is 2.71. The van der Waals surface area contributed by atoms with Gasteiger partial charge in [-0.3, -0.25) is 9.79 Å². The van der Waals surface area contributed by atoms with Crippen molar-refractivity contribution in [2.45, 2.75) is 44.6 Å². The monoisotopic (exact) mass is 528 g/mol. The molecule has 0 spiro atoms. The summed E-state index contributed by atoms with van der Waals surface area (Å²) in [6, 6.07) is 1.71. The van der Waals surface area contributed by atoms with Gasteiger partial charge in [0.15, 0.2) is 23.4 Å². The highest BCUT2D eigenvalue weighted by molar-refractivity contribution is 14.0. The number of nitrogens with zero attached hydrogens (tertiary/aromatic N) is 1. The Kier molecular flexibility index (Phi) is 12.0. The van der Waals surface area contributed by atoms with E-state index in [1.54, 1.807) is 7.05 Å². The number of hydrogen-bond donors (Lipinski definition) is 3. The molecule has 0 saturated heterocycles. The minimum atomic E-state index is -1.63. The van der Waals surface area contributed by atoms with Gasteiger partial charge in [0.2, 0.25) is 5.91 Å². The Hall–Kier alpha value is -1.56. The molecule has 0 aliphatic heterocycles. The van der Waals surface area contributed by atoms with Gasteiger partial charge >= 0.3 is 0 Å². The van der Waals surface area contributed by atoms with Crippen LogP contribution in [0, 0.1) is 17.5 Å². The molecule has 6 nitrogen and oxygen atoms in total. The van der Waals surface area contributed by atoms with Gasteiger partial charge in [-0.15, -0.1) is 24.0 Å². The number of amides is 1. The molecule has 0 aromatic heterocycles. The van der Waals surface area contributed by atoms with Gasteiger partial charge in [-0.1, -0.05) is 19.3 Å². The predicted octanol–water partition coefficient (Wildman–Crippen LogP) is 3.56. The summed E-state index contributed by atoms with van der Waals surface area (Å²) in [6.07, 6.45) is 7.18. The first kappa shape index (κ1) is 25.5. The first-order valence-electron chi connectivity index (χ1n) is 9.50. The molecule has 0 bridgehead atoms. The number of hydrogen-bond acceptors (Lipinski definition) is 3. The molecule has 3 N–H and O–H groups in total. The highest BCUT2D eigenvalue weighted by Gasteiger charge is 2.15. The number of nitrogens with one attached hydrogen (secondary N) is 3. The van der Waals surface area contributed by atoms with Crippen LogP contribution in [0.5, 0.6) is 0 Å². The van der Waals surface area contributed by atoms with Crippen LogP contribution in [0.15, 0.2) is 17.1 Å². The normalized spacial score (nSPS) is 14.8. The maximum Gasteiger partial charge on any atom is 0.243 e. The van der Waals surface area contributed by atoms with E-state index in [1.165, 1.54) is 19.3 Å². The number of guanidine groups is 1. The number of ether oxygens (including phenoxy) is 1. The van der Waals surface area contributed by atoms with Gasteiger partial charge in [0.05, 0.1) is 18.3 Å². The molecule has 1 aliphatic rings. The van der Waals surface area contributed by atoms with Crippen LogP contribution in [0.3, 0.4) is 0 Å². The van der Waals surface area contributed by atoms with Crippen molar-refractivity contribution in [2.75, 3.05) is 32.1 Å². The van der Waals surface area contributed by atoms with Gasteiger partial charge < -0.3 is 20.7 Å². The van der Waals surface area contributed by atoms with Crippen molar-refractivity contribution in [1.29, 1.82) is 0 Å². The Bertz CT molecular complexity index is 686. The topological polar surface area (TPSA) is 74.8 Å². The molecular formula is C19H28F3IN4O2. The molecule has 1 amide bonds. The Balaban J connectivity index is 0.00000420. The van der Waals surface area contributed by atoms with Crippen molar-refractivity contribution in [3.63, 3.8) is 0 Å². The minimum absolute atomic E-state index is 0. The number of halogens is 4. The molecule has 0 atom stereocenters. The smallest absolute Gasteiger partial charge is 0.243 e. The van der Waals surface area contributed by atoms with Crippen molar-refractivity contribution < 1.29 is 22.7 Å². The molecule has 164 valence electrons. The highest BCUT2D eigenvalue weighted by atomic mass is 127. The molecule has 1 aromatic carbocycles. The molecule has 10 heteroatoms. The van der Waals surface area contributed by atoms with Crippen LogP contribution >= 0.6 is 24.0 Å². The van der Waals surface area contributed by atoms with Crippen molar-refractivity contribution in [3.05, 3.63) is 29.6 Å². The molecular weight excluding hydrogens is 500 g/mol. The van der Waals surface area contributed by atoms with Gasteiger partial charge in [0, 0.05) is 20.2 Å². The molecule has 0 heterocycles. The summed E-state index contributed by atoms with van der Waals surface area (Å²) in [5, 5.41) is 8.01. The maximum absolute atomic E-state index is 13.6. The number of benzene rings is 1. The molecule has 1 aliphatic carbocycles. The van der Waals surface area contributed by atoms with E-state index in [2.05, 4.69) is 20.9 Å². The third-order valence-electron chi connectivity index (χ3n) is 4.47. The van der Waals surface area contributed by atoms with E-state index in [1.807, 2.05) is 0 Å². The number of rotatable bonds is 8. The summed E-state index contributed by atoms with van der Waals surface area (Å²) >= 11 is 0. The lowest BCUT2D eigenvalue weighted by molar-refractivity contribution is -0.115. The van der Waals surface area contributed by atoms with Crippen LogP contribution in [0.1, 0.15) is 38.5 Å². The van der Waals surface area contributed by atoms with Crippen molar-refractivity contribution in [3.8, 4) is 0 Å². The lowest BCUT2D eigenvalue weighted by Crippen LogP contribution is -2.42. The molecule has 0 radical (unpaired) electrons. The van der Waals surface area contributed by atoms with Crippen LogP contribution in [-0.4, -0.2) is 44.7 Å².